The van der Waals surface area contributed by atoms with Crippen LogP contribution in [0.1, 0.15) is 26.2 Å². The number of nitrogens with zero attached hydrogens (tertiary/aromatic N) is 3. The average molecular weight is 392 g/mol. The van der Waals surface area contributed by atoms with E-state index < -0.39 is 0 Å². The standard InChI is InChI=1S/C22H24N4O3/c1-3-29-22-24-20(16-9-5-12-19(13-16)28-2)26(25-22)18-11-6-10-17(14-18)23-21(27)15-7-4-8-15/h5-6,9-15H,3-4,7-8H2,1-2H3,(H,23,27). The van der Waals surface area contributed by atoms with Gasteiger partial charge in [-0.05, 0) is 50.1 Å². The molecular formula is C22H24N4O3. The third kappa shape index (κ3) is 4.08. The lowest BCUT2D eigenvalue weighted by Gasteiger charge is -2.24. The van der Waals surface area contributed by atoms with Gasteiger partial charge in [0.2, 0.25) is 5.91 Å². The molecule has 150 valence electrons. The smallest absolute Gasteiger partial charge is 0.336 e. The van der Waals surface area contributed by atoms with Crippen LogP contribution in [0.5, 0.6) is 11.8 Å². The van der Waals surface area contributed by atoms with E-state index in [9.17, 15) is 4.79 Å². The van der Waals surface area contributed by atoms with E-state index in [-0.39, 0.29) is 11.8 Å². The third-order valence-corrected chi connectivity index (χ3v) is 5.02. The fourth-order valence-electron chi connectivity index (χ4n) is 3.24. The number of aromatic nitrogens is 3. The number of amides is 1. The minimum Gasteiger partial charge on any atom is -0.497 e. The van der Waals surface area contributed by atoms with Crippen molar-refractivity contribution in [1.82, 2.24) is 14.8 Å². The number of methoxy groups -OCH3 is 1. The van der Waals surface area contributed by atoms with Gasteiger partial charge in [-0.1, -0.05) is 24.6 Å². The summed E-state index contributed by atoms with van der Waals surface area (Å²) < 4.78 is 12.6. The van der Waals surface area contributed by atoms with Crippen molar-refractivity contribution in [3.05, 3.63) is 48.5 Å². The van der Waals surface area contributed by atoms with Gasteiger partial charge in [0, 0.05) is 17.2 Å². The van der Waals surface area contributed by atoms with Gasteiger partial charge in [-0.3, -0.25) is 4.79 Å². The molecule has 1 heterocycles. The Morgan fingerprint density at radius 2 is 2.03 bits per heavy atom. The predicted octanol–water partition coefficient (Wildman–Crippen LogP) is 4.08. The van der Waals surface area contributed by atoms with Crippen LogP contribution < -0.4 is 14.8 Å². The number of anilines is 1. The van der Waals surface area contributed by atoms with Gasteiger partial charge in [0.1, 0.15) is 5.75 Å². The molecular weight excluding hydrogens is 368 g/mol. The second-order valence-corrected chi connectivity index (χ2v) is 6.96. The molecule has 29 heavy (non-hydrogen) atoms. The first-order chi connectivity index (χ1) is 14.2. The van der Waals surface area contributed by atoms with E-state index in [2.05, 4.69) is 15.4 Å². The maximum absolute atomic E-state index is 12.3. The Morgan fingerprint density at radius 1 is 1.21 bits per heavy atom. The molecule has 1 aromatic heterocycles. The van der Waals surface area contributed by atoms with Crippen molar-refractivity contribution < 1.29 is 14.3 Å². The maximum Gasteiger partial charge on any atom is 0.336 e. The van der Waals surface area contributed by atoms with Crippen LogP contribution in [0.4, 0.5) is 5.69 Å². The average Bonchev–Trinajstić information content (AvgIpc) is 3.11. The minimum atomic E-state index is 0.0787. The van der Waals surface area contributed by atoms with Gasteiger partial charge < -0.3 is 14.8 Å². The maximum atomic E-state index is 12.3. The Bertz CT molecular complexity index is 1010. The molecule has 0 unspecified atom stereocenters. The second kappa shape index (κ2) is 8.34. The highest BCUT2D eigenvalue weighted by Gasteiger charge is 2.25. The Morgan fingerprint density at radius 3 is 2.76 bits per heavy atom. The molecule has 1 fully saturated rings. The second-order valence-electron chi connectivity index (χ2n) is 6.96. The van der Waals surface area contributed by atoms with E-state index >= 15 is 0 Å². The lowest BCUT2D eigenvalue weighted by Crippen LogP contribution is -2.28. The zero-order valence-electron chi connectivity index (χ0n) is 16.6. The van der Waals surface area contributed by atoms with Gasteiger partial charge in [0.25, 0.3) is 0 Å². The fraction of sp³-hybridized carbons (Fsp3) is 0.318. The van der Waals surface area contributed by atoms with Crippen molar-refractivity contribution in [2.24, 2.45) is 5.92 Å². The molecule has 3 aromatic rings. The summed E-state index contributed by atoms with van der Waals surface area (Å²) in [7, 11) is 1.63. The van der Waals surface area contributed by atoms with Crippen molar-refractivity contribution in [3.63, 3.8) is 0 Å². The zero-order chi connectivity index (χ0) is 20.2. The van der Waals surface area contributed by atoms with Gasteiger partial charge >= 0.3 is 6.01 Å². The summed E-state index contributed by atoms with van der Waals surface area (Å²) in [6, 6.07) is 15.5. The largest absolute Gasteiger partial charge is 0.497 e. The van der Waals surface area contributed by atoms with E-state index in [0.29, 0.717) is 18.4 Å². The molecule has 1 saturated carbocycles. The number of carbonyl (C=O) groups excluding carboxylic acids is 1. The first-order valence-corrected chi connectivity index (χ1v) is 9.83. The Kier molecular flexibility index (Phi) is 5.46. The summed E-state index contributed by atoms with van der Waals surface area (Å²) in [6.07, 6.45) is 3.06. The monoisotopic (exact) mass is 392 g/mol. The number of hydrogen-bond donors (Lipinski definition) is 1. The molecule has 1 aliphatic carbocycles. The molecule has 0 spiro atoms. The van der Waals surface area contributed by atoms with Gasteiger partial charge in [0.15, 0.2) is 5.82 Å². The number of carbonyl (C=O) groups is 1. The SMILES string of the molecule is CCOc1nc(-c2cccc(OC)c2)n(-c2cccc(NC(=O)C3CCC3)c2)n1. The molecule has 1 amide bonds. The van der Waals surface area contributed by atoms with Crippen LogP contribution in [-0.4, -0.2) is 34.4 Å². The summed E-state index contributed by atoms with van der Waals surface area (Å²) in [5, 5.41) is 7.53. The molecule has 7 heteroatoms. The van der Waals surface area contributed by atoms with Crippen LogP contribution >= 0.6 is 0 Å². The fourth-order valence-corrected chi connectivity index (χ4v) is 3.24. The molecule has 0 radical (unpaired) electrons. The van der Waals surface area contributed by atoms with Crippen molar-refractivity contribution in [2.45, 2.75) is 26.2 Å². The lowest BCUT2D eigenvalue weighted by molar-refractivity contribution is -0.122. The van der Waals surface area contributed by atoms with Crippen LogP contribution in [-0.2, 0) is 4.79 Å². The highest BCUT2D eigenvalue weighted by molar-refractivity contribution is 5.93. The summed E-state index contributed by atoms with van der Waals surface area (Å²) in [5.74, 6) is 1.57. The molecule has 4 rings (SSSR count). The molecule has 0 atom stereocenters. The van der Waals surface area contributed by atoms with Gasteiger partial charge in [-0.15, -0.1) is 5.10 Å². The highest BCUT2D eigenvalue weighted by Crippen LogP contribution is 2.29. The van der Waals surface area contributed by atoms with Crippen LogP contribution in [0.25, 0.3) is 17.1 Å². The van der Waals surface area contributed by atoms with Crippen molar-refractivity contribution in [2.75, 3.05) is 19.0 Å². The summed E-state index contributed by atoms with van der Waals surface area (Å²) in [4.78, 5) is 16.9. The number of benzene rings is 2. The molecule has 1 aliphatic rings. The molecule has 0 bridgehead atoms. The summed E-state index contributed by atoms with van der Waals surface area (Å²) in [5.41, 5.74) is 2.38. The number of ether oxygens (including phenoxy) is 2. The van der Waals surface area contributed by atoms with Crippen molar-refractivity contribution >= 4 is 11.6 Å². The first kappa shape index (κ1) is 19.0. The molecule has 0 aliphatic heterocycles. The van der Waals surface area contributed by atoms with E-state index in [1.807, 2.05) is 55.5 Å². The van der Waals surface area contributed by atoms with Crippen LogP contribution in [0.2, 0.25) is 0 Å². The van der Waals surface area contributed by atoms with E-state index in [1.54, 1.807) is 11.8 Å². The lowest BCUT2D eigenvalue weighted by atomic mass is 9.85. The van der Waals surface area contributed by atoms with Gasteiger partial charge in [-0.25, -0.2) is 4.68 Å². The van der Waals surface area contributed by atoms with Crippen LogP contribution in [0.3, 0.4) is 0 Å². The first-order valence-electron chi connectivity index (χ1n) is 9.83. The third-order valence-electron chi connectivity index (χ3n) is 5.02. The number of rotatable bonds is 7. The van der Waals surface area contributed by atoms with Crippen molar-refractivity contribution in [1.29, 1.82) is 0 Å². The van der Waals surface area contributed by atoms with E-state index in [4.69, 9.17) is 9.47 Å². The topological polar surface area (TPSA) is 78.3 Å². The Hall–Kier alpha value is -3.35. The molecule has 0 saturated heterocycles. The quantitative estimate of drug-likeness (QED) is 0.655. The highest BCUT2D eigenvalue weighted by atomic mass is 16.5. The Labute approximate surface area is 169 Å². The molecule has 1 N–H and O–H groups in total. The van der Waals surface area contributed by atoms with Gasteiger partial charge in [-0.2, -0.15) is 4.98 Å². The van der Waals surface area contributed by atoms with E-state index in [0.717, 1.165) is 42.0 Å². The minimum absolute atomic E-state index is 0.0787. The normalized spacial score (nSPS) is 13.6. The molecule has 2 aromatic carbocycles. The summed E-state index contributed by atoms with van der Waals surface area (Å²) >= 11 is 0. The number of hydrogen-bond acceptors (Lipinski definition) is 5. The van der Waals surface area contributed by atoms with Crippen LogP contribution in [0.15, 0.2) is 48.5 Å². The Balaban J connectivity index is 1.70. The van der Waals surface area contributed by atoms with E-state index in [1.165, 1.54) is 0 Å². The van der Waals surface area contributed by atoms with Gasteiger partial charge in [0.05, 0.1) is 19.4 Å². The predicted molar refractivity (Wildman–Crippen MR) is 110 cm³/mol. The van der Waals surface area contributed by atoms with Crippen molar-refractivity contribution in [3.8, 4) is 28.8 Å². The van der Waals surface area contributed by atoms with Crippen LogP contribution in [0, 0.1) is 5.92 Å². The number of nitrogens with one attached hydrogen (secondary N) is 1. The summed E-state index contributed by atoms with van der Waals surface area (Å²) in [6.45, 7) is 2.36. The molecule has 7 nitrogen and oxygen atoms in total. The zero-order valence-corrected chi connectivity index (χ0v) is 16.6.